The van der Waals surface area contributed by atoms with Gasteiger partial charge in [-0.05, 0) is 25.0 Å². The third-order valence-electron chi connectivity index (χ3n) is 1.98. The average molecular weight is 227 g/mol. The number of carbonyl (C=O) groups excluding carboxylic acids is 1. The van der Waals surface area contributed by atoms with Gasteiger partial charge in [-0.1, -0.05) is 26.5 Å². The number of carbonyl (C=O) groups is 1. The van der Waals surface area contributed by atoms with E-state index in [1.165, 1.54) is 0 Å². The average Bonchev–Trinajstić information content (AvgIpc) is 2.15. The van der Waals surface area contributed by atoms with Gasteiger partial charge in [-0.3, -0.25) is 0 Å². The van der Waals surface area contributed by atoms with Gasteiger partial charge in [0.05, 0.1) is 27.2 Å². The molecule has 0 bridgehead atoms. The van der Waals surface area contributed by atoms with Gasteiger partial charge in [-0.25, -0.2) is 0 Å². The van der Waals surface area contributed by atoms with Crippen LogP contribution in [0.1, 0.15) is 26.2 Å². The number of carboxylic acids is 1. The summed E-state index contributed by atoms with van der Waals surface area (Å²) >= 11 is 0. The zero-order valence-corrected chi connectivity index (χ0v) is 10.9. The van der Waals surface area contributed by atoms with Crippen molar-refractivity contribution in [3.05, 3.63) is 25.3 Å². The van der Waals surface area contributed by atoms with Crippen LogP contribution in [0.15, 0.2) is 25.3 Å². The summed E-state index contributed by atoms with van der Waals surface area (Å²) in [6, 6.07) is 0. The number of hydrogen-bond acceptors (Lipinski definition) is 2. The van der Waals surface area contributed by atoms with Crippen LogP contribution < -0.4 is 5.11 Å². The molecule has 0 saturated carbocycles. The molecule has 3 heteroatoms. The van der Waals surface area contributed by atoms with Crippen molar-refractivity contribution in [3.8, 4) is 0 Å². The summed E-state index contributed by atoms with van der Waals surface area (Å²) < 4.78 is 0.951. The summed E-state index contributed by atoms with van der Waals surface area (Å²) in [6.07, 6.45) is 5.74. The Bertz CT molecular complexity index is 198. The lowest BCUT2D eigenvalue weighted by atomic mass is 10.3. The van der Waals surface area contributed by atoms with Crippen molar-refractivity contribution < 1.29 is 14.4 Å². The van der Waals surface area contributed by atoms with E-state index >= 15 is 0 Å². The van der Waals surface area contributed by atoms with Gasteiger partial charge in [0.25, 0.3) is 0 Å². The van der Waals surface area contributed by atoms with E-state index in [0.717, 1.165) is 30.4 Å². The minimum absolute atomic E-state index is 0.205. The molecule has 94 valence electrons. The maximum Gasteiger partial charge on any atom is 0.0969 e. The molecule has 0 spiro atoms. The normalized spacial score (nSPS) is 9.94. The van der Waals surface area contributed by atoms with Crippen molar-refractivity contribution in [2.45, 2.75) is 26.2 Å². The smallest absolute Gasteiger partial charge is 0.0969 e. The Balaban J connectivity index is 0. The second-order valence-electron chi connectivity index (χ2n) is 4.35. The highest BCUT2D eigenvalue weighted by Gasteiger charge is 2.07. The van der Waals surface area contributed by atoms with Crippen LogP contribution in [-0.4, -0.2) is 37.6 Å². The third kappa shape index (κ3) is 15.4. The maximum absolute atomic E-state index is 9.65. The van der Waals surface area contributed by atoms with E-state index in [4.69, 9.17) is 0 Å². The van der Waals surface area contributed by atoms with Crippen molar-refractivity contribution in [2.75, 3.05) is 27.2 Å². The Labute approximate surface area is 99.7 Å². The van der Waals surface area contributed by atoms with Crippen molar-refractivity contribution in [3.63, 3.8) is 0 Å². The Morgan fingerprint density at radius 1 is 1.25 bits per heavy atom. The Morgan fingerprint density at radius 3 is 1.88 bits per heavy atom. The van der Waals surface area contributed by atoms with Crippen molar-refractivity contribution in [1.82, 2.24) is 0 Å². The van der Waals surface area contributed by atoms with Crippen molar-refractivity contribution in [2.24, 2.45) is 0 Å². The van der Waals surface area contributed by atoms with E-state index in [9.17, 15) is 9.90 Å². The van der Waals surface area contributed by atoms with Gasteiger partial charge in [-0.2, -0.15) is 0 Å². The lowest BCUT2D eigenvalue weighted by molar-refractivity contribution is -0.878. The fourth-order valence-electron chi connectivity index (χ4n) is 1.09. The van der Waals surface area contributed by atoms with Gasteiger partial charge < -0.3 is 14.4 Å². The van der Waals surface area contributed by atoms with Crippen molar-refractivity contribution in [1.29, 1.82) is 0 Å². The fourth-order valence-corrected chi connectivity index (χ4v) is 1.09. The zero-order valence-electron chi connectivity index (χ0n) is 10.9. The number of likely N-dealkylation sites (N-methyl/N-ethyl adjacent to an activating group) is 1. The van der Waals surface area contributed by atoms with E-state index in [0.29, 0.717) is 0 Å². The first-order chi connectivity index (χ1) is 7.39. The lowest BCUT2D eigenvalue weighted by Gasteiger charge is -2.26. The molecule has 0 rings (SSSR count). The van der Waals surface area contributed by atoms with Crippen LogP contribution >= 0.6 is 0 Å². The Hall–Kier alpha value is -1.09. The van der Waals surface area contributed by atoms with Gasteiger partial charge in [-0.15, -0.1) is 0 Å². The highest BCUT2D eigenvalue weighted by molar-refractivity contribution is 5.63. The largest absolute Gasteiger partial charge is 0.550 e. The first kappa shape index (κ1) is 17.3. The zero-order chi connectivity index (χ0) is 13.0. The second-order valence-corrected chi connectivity index (χ2v) is 4.35. The second kappa shape index (κ2) is 10.4. The van der Waals surface area contributed by atoms with Crippen LogP contribution in [0.5, 0.6) is 0 Å². The summed E-state index contributed by atoms with van der Waals surface area (Å²) in [6.45, 7) is 11.3. The summed E-state index contributed by atoms with van der Waals surface area (Å²) in [5, 5.41) is 9.65. The minimum Gasteiger partial charge on any atom is -0.550 e. The van der Waals surface area contributed by atoms with Crippen molar-refractivity contribution >= 4 is 5.97 Å². The van der Waals surface area contributed by atoms with Crippen LogP contribution in [-0.2, 0) is 4.79 Å². The molecule has 0 fully saturated rings. The van der Waals surface area contributed by atoms with Crippen LogP contribution in [0.2, 0.25) is 0 Å². The fraction of sp³-hybridized carbons (Fsp3) is 0.615. The Kier molecular flexibility index (Phi) is 11.3. The molecular formula is C13H25NO2. The predicted molar refractivity (Wildman–Crippen MR) is 66.8 cm³/mol. The molecule has 16 heavy (non-hydrogen) atoms. The van der Waals surface area contributed by atoms with Gasteiger partial charge in [0.1, 0.15) is 0 Å². The molecule has 0 aromatic carbocycles. The molecule has 0 aliphatic carbocycles. The number of rotatable bonds is 7. The molecule has 3 nitrogen and oxygen atoms in total. The molecule has 0 aromatic rings. The number of nitrogens with zero attached hydrogens (tertiary/aromatic N) is 1. The topological polar surface area (TPSA) is 40.1 Å². The first-order valence-electron chi connectivity index (χ1n) is 5.63. The van der Waals surface area contributed by atoms with E-state index in [1.54, 1.807) is 0 Å². The van der Waals surface area contributed by atoms with Crippen LogP contribution in [0.3, 0.4) is 0 Å². The monoisotopic (exact) mass is 227 g/mol. The van der Waals surface area contributed by atoms with E-state index in [2.05, 4.69) is 27.3 Å². The lowest BCUT2D eigenvalue weighted by Crippen LogP contribution is -2.39. The SMILES string of the molecule is C=CC[N+](C)(C)CC=C.CCCCC(=O)[O-]. The summed E-state index contributed by atoms with van der Waals surface area (Å²) in [5.41, 5.74) is 0. The molecule has 0 amide bonds. The molecule has 0 radical (unpaired) electrons. The summed E-state index contributed by atoms with van der Waals surface area (Å²) in [4.78, 5) is 9.65. The van der Waals surface area contributed by atoms with E-state index < -0.39 is 5.97 Å². The van der Waals surface area contributed by atoms with Gasteiger partial charge in [0.2, 0.25) is 0 Å². The molecule has 0 heterocycles. The third-order valence-corrected chi connectivity index (χ3v) is 1.98. The van der Waals surface area contributed by atoms with Crippen LogP contribution in [0.25, 0.3) is 0 Å². The number of unbranched alkanes of at least 4 members (excludes halogenated alkanes) is 1. The minimum atomic E-state index is -0.943. The van der Waals surface area contributed by atoms with Gasteiger partial charge in [0.15, 0.2) is 0 Å². The number of aliphatic carboxylic acids is 1. The molecular weight excluding hydrogens is 202 g/mol. The van der Waals surface area contributed by atoms with Gasteiger partial charge >= 0.3 is 0 Å². The summed E-state index contributed by atoms with van der Waals surface area (Å²) in [7, 11) is 4.31. The number of carboxylic acid groups (broad SMARTS) is 1. The first-order valence-corrected chi connectivity index (χ1v) is 5.63. The standard InChI is InChI=1S/C8H16N.C5H10O2/c1-5-7-9(3,4)8-6-2;1-2-3-4-5(6)7/h5-6H,1-2,7-8H2,3-4H3;2-4H2,1H3,(H,6,7)/q+1;/p-1. The van der Waals surface area contributed by atoms with E-state index in [-0.39, 0.29) is 6.42 Å². The molecule has 0 aliphatic heterocycles. The molecule has 0 saturated heterocycles. The molecule has 0 N–H and O–H groups in total. The summed E-state index contributed by atoms with van der Waals surface area (Å²) in [5.74, 6) is -0.943. The molecule has 0 aliphatic rings. The maximum atomic E-state index is 9.65. The number of quaternary nitrogens is 1. The molecule has 0 aromatic heterocycles. The Morgan fingerprint density at radius 2 is 1.69 bits per heavy atom. The van der Waals surface area contributed by atoms with Gasteiger partial charge in [0, 0.05) is 5.97 Å². The van der Waals surface area contributed by atoms with E-state index in [1.807, 2.05) is 19.1 Å². The predicted octanol–water partition coefficient (Wildman–Crippen LogP) is 1.36. The highest BCUT2D eigenvalue weighted by atomic mass is 16.4. The quantitative estimate of drug-likeness (QED) is 0.487. The number of hydrogen-bond donors (Lipinski definition) is 0. The van der Waals surface area contributed by atoms with Crippen LogP contribution in [0.4, 0.5) is 0 Å². The molecule has 0 atom stereocenters. The highest BCUT2D eigenvalue weighted by Crippen LogP contribution is 1.95. The van der Waals surface area contributed by atoms with Crippen LogP contribution in [0, 0.1) is 0 Å². The molecule has 0 unspecified atom stereocenters.